The van der Waals surface area contributed by atoms with Crippen molar-refractivity contribution in [3.05, 3.63) is 11.6 Å². The summed E-state index contributed by atoms with van der Waals surface area (Å²) < 4.78 is 36.2. The monoisotopic (exact) mass is 943 g/mol. The molecule has 0 aromatic heterocycles. The third-order valence-corrected chi connectivity index (χ3v) is 19.5. The zero-order valence-corrected chi connectivity index (χ0v) is 39.7. The van der Waals surface area contributed by atoms with Crippen LogP contribution in [0.2, 0.25) is 0 Å². The molecule has 0 bridgehead atoms. The van der Waals surface area contributed by atoms with Gasteiger partial charge in [0.25, 0.3) is 0 Å². The van der Waals surface area contributed by atoms with Crippen LogP contribution >= 0.6 is 0 Å². The molecular weight excluding hydrogens is 865 g/mol. The van der Waals surface area contributed by atoms with Crippen molar-refractivity contribution in [2.75, 3.05) is 13.2 Å². The summed E-state index contributed by atoms with van der Waals surface area (Å²) in [6, 6.07) is 0. The Labute approximate surface area is 387 Å². The number of allylic oxidation sites excluding steroid dienone is 2. The Morgan fingerprint density at radius 2 is 1.30 bits per heavy atom. The minimum Gasteiger partial charge on any atom is -0.479 e. The van der Waals surface area contributed by atoms with E-state index < -0.39 is 116 Å². The Balaban J connectivity index is 1.08. The van der Waals surface area contributed by atoms with E-state index in [0.29, 0.717) is 12.8 Å². The van der Waals surface area contributed by atoms with Gasteiger partial charge in [-0.25, -0.2) is 4.79 Å². The average Bonchev–Trinajstić information content (AvgIpc) is 3.25. The van der Waals surface area contributed by atoms with Gasteiger partial charge < -0.3 is 84.6 Å². The maximum absolute atomic E-state index is 12.5. The molecule has 3 heterocycles. The van der Waals surface area contributed by atoms with Crippen LogP contribution in [0.5, 0.6) is 0 Å². The molecule has 18 nitrogen and oxygen atoms in total. The largest absolute Gasteiger partial charge is 0.479 e. The molecule has 7 fully saturated rings. The summed E-state index contributed by atoms with van der Waals surface area (Å²) in [5.41, 5.74) is -0.0545. The van der Waals surface area contributed by atoms with Gasteiger partial charge in [-0.15, -0.1) is 0 Å². The number of aliphatic carboxylic acids is 1. The molecule has 0 spiro atoms. The lowest BCUT2D eigenvalue weighted by molar-refractivity contribution is -0.396. The van der Waals surface area contributed by atoms with Crippen molar-refractivity contribution in [2.24, 2.45) is 50.2 Å². The number of fused-ring (bicyclic) bond motifs is 7. The SMILES string of the molecule is CC1OC(OC2C(OC3C(OC4CC[C@@]5(C)C(CC[C@]6(C)C5CC=C5C7CC(C)(C)CC(O)[C@]7(C)CC[C@]56C)[C@@]4(C)CO)OC(C(=O)O)C(O)C3O)OC(CO)C(O)C2O)C(O)C(O)C1O. The Morgan fingerprint density at radius 3 is 1.94 bits per heavy atom. The van der Waals surface area contributed by atoms with Crippen LogP contribution in [0.1, 0.15) is 113 Å². The number of aliphatic hydroxyl groups excluding tert-OH is 10. The first kappa shape index (κ1) is 50.9. The molecule has 5 aliphatic carbocycles. The summed E-state index contributed by atoms with van der Waals surface area (Å²) >= 11 is 0. The summed E-state index contributed by atoms with van der Waals surface area (Å²) in [5.74, 6) is -1.16. The first-order valence-electron chi connectivity index (χ1n) is 24.3. The number of aliphatic hydroxyl groups is 10. The molecule has 20 unspecified atom stereocenters. The van der Waals surface area contributed by atoms with E-state index in [1.807, 2.05) is 6.92 Å². The van der Waals surface area contributed by atoms with Gasteiger partial charge in [-0.3, -0.25) is 0 Å². The molecule has 18 heteroatoms. The Morgan fingerprint density at radius 1 is 0.667 bits per heavy atom. The lowest BCUT2D eigenvalue weighted by atomic mass is 9.33. The second kappa shape index (κ2) is 17.7. The molecule has 0 amide bonds. The normalized spacial score (nSPS) is 55.9. The third-order valence-electron chi connectivity index (χ3n) is 19.5. The summed E-state index contributed by atoms with van der Waals surface area (Å²) in [7, 11) is 0. The number of ether oxygens (including phenoxy) is 6. The zero-order chi connectivity index (χ0) is 48.4. The van der Waals surface area contributed by atoms with Gasteiger partial charge in [0.1, 0.15) is 61.0 Å². The second-order valence-corrected chi connectivity index (χ2v) is 23.6. The van der Waals surface area contributed by atoms with Crippen LogP contribution in [0.4, 0.5) is 0 Å². The van der Waals surface area contributed by atoms with Crippen molar-refractivity contribution in [3.63, 3.8) is 0 Å². The summed E-state index contributed by atoms with van der Waals surface area (Å²) in [6.07, 6.45) is -17.6. The Hall–Kier alpha value is -1.43. The number of carbonyl (C=O) groups is 1. The van der Waals surface area contributed by atoms with Gasteiger partial charge >= 0.3 is 5.97 Å². The van der Waals surface area contributed by atoms with Gasteiger partial charge in [-0.05, 0) is 104 Å². The molecular formula is C48H78O18. The van der Waals surface area contributed by atoms with Crippen molar-refractivity contribution in [3.8, 4) is 0 Å². The van der Waals surface area contributed by atoms with E-state index in [1.165, 1.54) is 12.5 Å². The van der Waals surface area contributed by atoms with Crippen molar-refractivity contribution in [2.45, 2.75) is 218 Å². The molecule has 3 saturated heterocycles. The quantitative estimate of drug-likeness (QED) is 0.112. The molecule has 4 saturated carbocycles. The van der Waals surface area contributed by atoms with Crippen molar-refractivity contribution in [1.82, 2.24) is 0 Å². The Bertz CT molecular complexity index is 1820. The van der Waals surface area contributed by atoms with E-state index >= 15 is 0 Å². The minimum atomic E-state index is -2.07. The maximum atomic E-state index is 12.5. The van der Waals surface area contributed by atoms with Crippen LogP contribution in [-0.2, 0) is 33.2 Å². The zero-order valence-electron chi connectivity index (χ0n) is 39.7. The fourth-order valence-electron chi connectivity index (χ4n) is 15.1. The first-order valence-corrected chi connectivity index (χ1v) is 24.3. The fraction of sp³-hybridized carbons (Fsp3) is 0.938. The highest BCUT2D eigenvalue weighted by Crippen LogP contribution is 2.76. The van der Waals surface area contributed by atoms with Crippen LogP contribution in [0.25, 0.3) is 0 Å². The van der Waals surface area contributed by atoms with Crippen molar-refractivity contribution in [1.29, 1.82) is 0 Å². The van der Waals surface area contributed by atoms with Gasteiger partial charge in [-0.2, -0.15) is 0 Å². The van der Waals surface area contributed by atoms with Crippen LogP contribution < -0.4 is 0 Å². The summed E-state index contributed by atoms with van der Waals surface area (Å²) in [4.78, 5) is 12.5. The molecule has 25 atom stereocenters. The molecule has 0 aromatic carbocycles. The van der Waals surface area contributed by atoms with E-state index in [0.717, 1.165) is 44.9 Å². The third kappa shape index (κ3) is 7.78. The predicted octanol–water partition coefficient (Wildman–Crippen LogP) is 0.705. The molecule has 66 heavy (non-hydrogen) atoms. The molecule has 3 aliphatic heterocycles. The van der Waals surface area contributed by atoms with Gasteiger partial charge in [0.15, 0.2) is 25.0 Å². The molecule has 8 rings (SSSR count). The first-order chi connectivity index (χ1) is 30.7. The van der Waals surface area contributed by atoms with Crippen LogP contribution in [0, 0.1) is 50.2 Å². The number of carboxylic acid groups (broad SMARTS) is 1. The second-order valence-electron chi connectivity index (χ2n) is 23.6. The summed E-state index contributed by atoms with van der Waals surface area (Å²) in [6.45, 7) is 16.3. The lowest BCUT2D eigenvalue weighted by Crippen LogP contribution is -2.68. The fourth-order valence-corrected chi connectivity index (χ4v) is 15.1. The lowest BCUT2D eigenvalue weighted by Gasteiger charge is -2.72. The highest BCUT2D eigenvalue weighted by atomic mass is 16.8. The number of rotatable bonds is 9. The van der Waals surface area contributed by atoms with Gasteiger partial charge in [0, 0.05) is 10.8 Å². The summed E-state index contributed by atoms with van der Waals surface area (Å²) in [5, 5.41) is 120. The van der Waals surface area contributed by atoms with E-state index in [-0.39, 0.29) is 57.5 Å². The van der Waals surface area contributed by atoms with Crippen molar-refractivity contribution < 1.29 is 89.4 Å². The smallest absolute Gasteiger partial charge is 0.335 e. The van der Waals surface area contributed by atoms with E-state index in [9.17, 15) is 61.0 Å². The predicted molar refractivity (Wildman–Crippen MR) is 231 cm³/mol. The van der Waals surface area contributed by atoms with Crippen LogP contribution in [0.15, 0.2) is 11.6 Å². The van der Waals surface area contributed by atoms with Crippen LogP contribution in [-0.4, -0.2) is 180 Å². The molecule has 8 aliphatic rings. The minimum absolute atomic E-state index is 0.0166. The highest BCUT2D eigenvalue weighted by Gasteiger charge is 2.70. The molecule has 0 radical (unpaired) electrons. The van der Waals surface area contributed by atoms with E-state index in [4.69, 9.17) is 28.4 Å². The molecule has 378 valence electrons. The molecule has 11 N–H and O–H groups in total. The van der Waals surface area contributed by atoms with E-state index in [2.05, 4.69) is 47.6 Å². The Kier molecular flexibility index (Phi) is 13.7. The van der Waals surface area contributed by atoms with Gasteiger partial charge in [0.2, 0.25) is 0 Å². The number of hydrogen-bond donors (Lipinski definition) is 11. The standard InChI is InChI=1S/C48H78O18/c1-21-29(52)31(54)35(58)40(61-21)65-37-32(55)30(53)24(19-49)62-41(37)66-38-34(57)33(56)36(39(59)60)64-42(38)63-28-12-13-45(5)25(46(28,6)20-50)11-14-48(8)26(45)10-9-22-23-17-43(2,3)18-27(51)44(23,4)15-16-47(22,48)7/h9,21,23-38,40-42,49-58H,10-20H2,1-8H3,(H,59,60)/t21?,23?,24?,25?,26?,27?,28?,29?,30?,31?,32?,33?,34?,35?,36?,37?,38?,40?,41?,42?,44-,45+,46-,47-,48-/m1/s1. The number of carboxylic acids is 1. The van der Waals surface area contributed by atoms with E-state index in [1.54, 1.807) is 0 Å². The average molecular weight is 943 g/mol. The van der Waals surface area contributed by atoms with Gasteiger partial charge in [0.05, 0.1) is 31.5 Å². The van der Waals surface area contributed by atoms with Gasteiger partial charge in [-0.1, -0.05) is 60.1 Å². The topological polar surface area (TPSA) is 295 Å². The van der Waals surface area contributed by atoms with Crippen LogP contribution in [0.3, 0.4) is 0 Å². The maximum Gasteiger partial charge on any atom is 0.335 e. The number of hydrogen-bond acceptors (Lipinski definition) is 17. The van der Waals surface area contributed by atoms with Crippen molar-refractivity contribution >= 4 is 5.97 Å². The highest BCUT2D eigenvalue weighted by molar-refractivity contribution is 5.73. The molecule has 0 aromatic rings.